The minimum Gasteiger partial charge on any atom is -0.297 e. The van der Waals surface area contributed by atoms with Crippen molar-refractivity contribution in [2.24, 2.45) is 0 Å². The van der Waals surface area contributed by atoms with Crippen molar-refractivity contribution in [2.75, 3.05) is 12.3 Å². The quantitative estimate of drug-likeness (QED) is 0.921. The molecule has 0 aromatic carbocycles. The number of pyridine rings is 1. The summed E-state index contributed by atoms with van der Waals surface area (Å²) in [5, 5.41) is 4.20. The van der Waals surface area contributed by atoms with E-state index in [1.165, 1.54) is 43.7 Å². The molecule has 2 unspecified atom stereocenters. The van der Waals surface area contributed by atoms with Gasteiger partial charge in [-0.05, 0) is 56.5 Å². The Labute approximate surface area is 123 Å². The number of hydrogen-bond acceptors (Lipinski definition) is 4. The van der Waals surface area contributed by atoms with E-state index in [1.54, 1.807) is 0 Å². The molecule has 2 fully saturated rings. The lowest BCUT2D eigenvalue weighted by Gasteiger charge is -2.27. The molecule has 106 valence electrons. The van der Waals surface area contributed by atoms with E-state index in [0.29, 0.717) is 11.4 Å². The van der Waals surface area contributed by atoms with Crippen LogP contribution in [0.1, 0.15) is 49.3 Å². The highest BCUT2D eigenvalue weighted by atomic mass is 32.2. The molecular weight excluding hydrogens is 268 g/mol. The topological polar surface area (TPSA) is 42.7 Å². The zero-order valence-corrected chi connectivity index (χ0v) is 12.4. The van der Waals surface area contributed by atoms with Crippen molar-refractivity contribution in [2.45, 2.75) is 43.5 Å². The molecule has 2 aromatic rings. The SMILES string of the molecule is c1cnc2c(c1)nc(C1CCCS1)n2C1CCCCN1. The number of hydrogen-bond donors (Lipinski definition) is 1. The molecule has 2 aliphatic heterocycles. The van der Waals surface area contributed by atoms with Crippen LogP contribution < -0.4 is 5.32 Å². The Balaban J connectivity index is 1.83. The number of fused-ring (bicyclic) bond motifs is 1. The second kappa shape index (κ2) is 5.37. The first kappa shape index (κ1) is 12.7. The maximum absolute atomic E-state index is 4.91. The summed E-state index contributed by atoms with van der Waals surface area (Å²) in [4.78, 5) is 9.51. The first-order valence-electron chi connectivity index (χ1n) is 7.61. The van der Waals surface area contributed by atoms with Crippen LogP contribution in [-0.4, -0.2) is 26.8 Å². The molecule has 4 rings (SSSR count). The van der Waals surface area contributed by atoms with Crippen LogP contribution in [0.5, 0.6) is 0 Å². The van der Waals surface area contributed by atoms with E-state index in [4.69, 9.17) is 4.98 Å². The lowest BCUT2D eigenvalue weighted by molar-refractivity contribution is 0.318. The number of rotatable bonds is 2. The van der Waals surface area contributed by atoms with Crippen molar-refractivity contribution >= 4 is 22.9 Å². The molecule has 0 amide bonds. The molecule has 2 aromatic heterocycles. The first-order chi connectivity index (χ1) is 9.93. The first-order valence-corrected chi connectivity index (χ1v) is 8.66. The summed E-state index contributed by atoms with van der Waals surface area (Å²) in [6.07, 6.45) is 8.58. The number of nitrogens with zero attached hydrogens (tertiary/aromatic N) is 3. The Morgan fingerprint density at radius 3 is 3.05 bits per heavy atom. The summed E-state index contributed by atoms with van der Waals surface area (Å²) >= 11 is 2.05. The zero-order chi connectivity index (χ0) is 13.4. The predicted octanol–water partition coefficient (Wildman–Crippen LogP) is 3.27. The molecule has 0 bridgehead atoms. The Morgan fingerprint density at radius 2 is 2.25 bits per heavy atom. The maximum atomic E-state index is 4.91. The standard InChI is InChI=1S/C15H20N4S/c1-2-8-16-13(7-1)19-14-11(5-3-9-17-14)18-15(19)12-6-4-10-20-12/h3,5,9,12-13,16H,1-2,4,6-8,10H2. The largest absolute Gasteiger partial charge is 0.297 e. The van der Waals surface area contributed by atoms with E-state index in [2.05, 4.69) is 20.9 Å². The molecule has 20 heavy (non-hydrogen) atoms. The van der Waals surface area contributed by atoms with Crippen LogP contribution >= 0.6 is 11.8 Å². The van der Waals surface area contributed by atoms with Gasteiger partial charge in [0.05, 0.1) is 11.4 Å². The van der Waals surface area contributed by atoms with Gasteiger partial charge in [-0.2, -0.15) is 11.8 Å². The van der Waals surface area contributed by atoms with E-state index in [-0.39, 0.29) is 0 Å². The molecule has 4 heterocycles. The van der Waals surface area contributed by atoms with Crippen LogP contribution in [0.3, 0.4) is 0 Å². The fourth-order valence-electron chi connectivity index (χ4n) is 3.32. The second-order valence-corrected chi connectivity index (χ2v) is 6.96. The van der Waals surface area contributed by atoms with Crippen molar-refractivity contribution in [1.29, 1.82) is 0 Å². The maximum Gasteiger partial charge on any atom is 0.161 e. The lowest BCUT2D eigenvalue weighted by Crippen LogP contribution is -2.32. The second-order valence-electron chi connectivity index (χ2n) is 5.65. The molecule has 2 aliphatic rings. The van der Waals surface area contributed by atoms with Gasteiger partial charge in [-0.3, -0.25) is 9.88 Å². The summed E-state index contributed by atoms with van der Waals surface area (Å²) in [6, 6.07) is 4.07. The smallest absolute Gasteiger partial charge is 0.161 e. The van der Waals surface area contributed by atoms with E-state index >= 15 is 0 Å². The highest BCUT2D eigenvalue weighted by molar-refractivity contribution is 7.99. The predicted molar refractivity (Wildman–Crippen MR) is 82.9 cm³/mol. The minimum atomic E-state index is 0.375. The van der Waals surface area contributed by atoms with Gasteiger partial charge in [0.25, 0.3) is 0 Å². The Morgan fingerprint density at radius 1 is 1.25 bits per heavy atom. The van der Waals surface area contributed by atoms with Crippen LogP contribution in [0.4, 0.5) is 0 Å². The molecule has 2 saturated heterocycles. The van der Waals surface area contributed by atoms with Gasteiger partial charge in [-0.1, -0.05) is 0 Å². The molecule has 0 aliphatic carbocycles. The van der Waals surface area contributed by atoms with E-state index < -0.39 is 0 Å². The van der Waals surface area contributed by atoms with Crippen LogP contribution in [-0.2, 0) is 0 Å². The van der Waals surface area contributed by atoms with Crippen LogP contribution in [0.15, 0.2) is 18.3 Å². The fraction of sp³-hybridized carbons (Fsp3) is 0.600. The number of piperidine rings is 1. The van der Waals surface area contributed by atoms with Crippen molar-refractivity contribution in [3.05, 3.63) is 24.2 Å². The number of aromatic nitrogens is 3. The average Bonchev–Trinajstić information content (AvgIpc) is 3.15. The molecule has 1 N–H and O–H groups in total. The monoisotopic (exact) mass is 288 g/mol. The highest BCUT2D eigenvalue weighted by Crippen LogP contribution is 2.41. The van der Waals surface area contributed by atoms with Gasteiger partial charge in [0.1, 0.15) is 11.3 Å². The average molecular weight is 288 g/mol. The summed E-state index contributed by atoms with van der Waals surface area (Å²) in [7, 11) is 0. The summed E-state index contributed by atoms with van der Waals surface area (Å²) in [5.41, 5.74) is 2.09. The van der Waals surface area contributed by atoms with Gasteiger partial charge in [0, 0.05) is 6.20 Å². The third kappa shape index (κ3) is 2.13. The minimum absolute atomic E-state index is 0.375. The Hall–Kier alpha value is -1.07. The van der Waals surface area contributed by atoms with E-state index in [0.717, 1.165) is 17.7 Å². The number of imidazole rings is 1. The molecule has 5 heteroatoms. The van der Waals surface area contributed by atoms with Gasteiger partial charge in [0.2, 0.25) is 0 Å². The van der Waals surface area contributed by atoms with Crippen LogP contribution in [0.25, 0.3) is 11.2 Å². The molecule has 0 saturated carbocycles. The highest BCUT2D eigenvalue weighted by Gasteiger charge is 2.28. The van der Waals surface area contributed by atoms with E-state index in [1.807, 2.05) is 24.0 Å². The van der Waals surface area contributed by atoms with Gasteiger partial charge in [-0.25, -0.2) is 9.97 Å². The van der Waals surface area contributed by atoms with Crippen molar-refractivity contribution < 1.29 is 0 Å². The summed E-state index contributed by atoms with van der Waals surface area (Å²) in [5.74, 6) is 2.50. The molecular formula is C15H20N4S. The normalized spacial score (nSPS) is 27.2. The van der Waals surface area contributed by atoms with E-state index in [9.17, 15) is 0 Å². The zero-order valence-electron chi connectivity index (χ0n) is 11.6. The molecule has 4 nitrogen and oxygen atoms in total. The van der Waals surface area contributed by atoms with Gasteiger partial charge in [0.15, 0.2) is 5.65 Å². The fourth-order valence-corrected chi connectivity index (χ4v) is 4.58. The van der Waals surface area contributed by atoms with Gasteiger partial charge < -0.3 is 0 Å². The van der Waals surface area contributed by atoms with Crippen molar-refractivity contribution in [3.8, 4) is 0 Å². The van der Waals surface area contributed by atoms with Crippen molar-refractivity contribution in [3.63, 3.8) is 0 Å². The van der Waals surface area contributed by atoms with Crippen LogP contribution in [0.2, 0.25) is 0 Å². The van der Waals surface area contributed by atoms with Gasteiger partial charge in [-0.15, -0.1) is 0 Å². The van der Waals surface area contributed by atoms with Gasteiger partial charge >= 0.3 is 0 Å². The third-order valence-corrected chi connectivity index (χ3v) is 5.66. The molecule has 0 radical (unpaired) electrons. The number of thioether (sulfide) groups is 1. The molecule has 0 spiro atoms. The number of nitrogens with one attached hydrogen (secondary N) is 1. The van der Waals surface area contributed by atoms with Crippen molar-refractivity contribution in [1.82, 2.24) is 19.9 Å². The lowest BCUT2D eigenvalue weighted by atomic mass is 10.1. The Kier molecular flexibility index (Phi) is 3.40. The third-order valence-electron chi connectivity index (χ3n) is 4.29. The summed E-state index contributed by atoms with van der Waals surface area (Å²) < 4.78 is 2.39. The Bertz CT molecular complexity index is 597. The van der Waals surface area contributed by atoms with Crippen LogP contribution in [0, 0.1) is 0 Å². The summed E-state index contributed by atoms with van der Waals surface area (Å²) in [6.45, 7) is 1.11. The molecule has 2 atom stereocenters.